The molecule has 2 aromatic heterocycles. The van der Waals surface area contributed by atoms with E-state index < -0.39 is 10.2 Å². The van der Waals surface area contributed by atoms with Crippen LogP contribution < -0.4 is 0 Å². The van der Waals surface area contributed by atoms with Crippen LogP contribution in [0.5, 0.6) is 0 Å². The van der Waals surface area contributed by atoms with Gasteiger partial charge >= 0.3 is 0 Å². The van der Waals surface area contributed by atoms with E-state index in [9.17, 15) is 8.42 Å². The monoisotopic (exact) mass is 379 g/mol. The number of piperidine rings is 1. The summed E-state index contributed by atoms with van der Waals surface area (Å²) in [7, 11) is -0.229. The molecule has 1 fully saturated rings. The van der Waals surface area contributed by atoms with Gasteiger partial charge in [-0.2, -0.15) is 17.0 Å². The molecule has 1 unspecified atom stereocenters. The van der Waals surface area contributed by atoms with E-state index in [1.165, 1.54) is 4.31 Å². The first-order chi connectivity index (χ1) is 12.3. The van der Waals surface area contributed by atoms with Gasteiger partial charge in [-0.25, -0.2) is 9.97 Å². The number of hydrogen-bond donors (Lipinski definition) is 0. The SMILES string of the molecule is Cc1noc(C)c1-c1cc(CC2CCCN(S(=O)(=O)N(C)C)C2)ncn1. The molecule has 142 valence electrons. The predicted octanol–water partition coefficient (Wildman–Crippen LogP) is 1.81. The highest BCUT2D eigenvalue weighted by Gasteiger charge is 2.30. The minimum absolute atomic E-state index is 0.242. The van der Waals surface area contributed by atoms with Crippen molar-refractivity contribution in [2.24, 2.45) is 5.92 Å². The third-order valence-electron chi connectivity index (χ3n) is 4.78. The van der Waals surface area contributed by atoms with Crippen LogP contribution in [0.15, 0.2) is 16.9 Å². The second-order valence-corrected chi connectivity index (χ2v) is 9.10. The standard InChI is InChI=1S/C17H25N5O3S/c1-12-17(13(2)25-20-12)16-9-15(18-11-19-16)8-14-6-5-7-22(10-14)26(23,24)21(3)4/h9,11,14H,5-8,10H2,1-4H3. The van der Waals surface area contributed by atoms with Gasteiger partial charge in [0, 0.05) is 32.9 Å². The molecule has 1 atom stereocenters. The summed E-state index contributed by atoms with van der Waals surface area (Å²) in [5.41, 5.74) is 3.39. The van der Waals surface area contributed by atoms with Crippen molar-refractivity contribution in [2.45, 2.75) is 33.1 Å². The van der Waals surface area contributed by atoms with Crippen LogP contribution in [0.2, 0.25) is 0 Å². The topological polar surface area (TPSA) is 92.4 Å². The zero-order valence-corrected chi connectivity index (χ0v) is 16.5. The van der Waals surface area contributed by atoms with Crippen LogP contribution in [0.1, 0.15) is 30.0 Å². The summed E-state index contributed by atoms with van der Waals surface area (Å²) in [5, 5.41) is 3.98. The van der Waals surface area contributed by atoms with Crippen molar-refractivity contribution in [2.75, 3.05) is 27.2 Å². The molecule has 26 heavy (non-hydrogen) atoms. The average molecular weight is 379 g/mol. The van der Waals surface area contributed by atoms with Gasteiger partial charge in [0.2, 0.25) is 0 Å². The maximum atomic E-state index is 12.4. The summed E-state index contributed by atoms with van der Waals surface area (Å²) in [5.74, 6) is 0.971. The second kappa shape index (κ2) is 7.42. The van der Waals surface area contributed by atoms with E-state index in [1.807, 2.05) is 19.9 Å². The van der Waals surface area contributed by atoms with Crippen LogP contribution in [0.4, 0.5) is 0 Å². The highest BCUT2D eigenvalue weighted by Crippen LogP contribution is 2.27. The molecule has 0 spiro atoms. The second-order valence-electron chi connectivity index (χ2n) is 6.95. The Morgan fingerprint density at radius 2 is 2.08 bits per heavy atom. The lowest BCUT2D eigenvalue weighted by Gasteiger charge is -2.33. The van der Waals surface area contributed by atoms with Gasteiger partial charge in [-0.15, -0.1) is 0 Å². The lowest BCUT2D eigenvalue weighted by molar-refractivity contribution is 0.253. The Kier molecular flexibility index (Phi) is 5.40. The number of rotatable bonds is 5. The quantitative estimate of drug-likeness (QED) is 0.787. The van der Waals surface area contributed by atoms with Gasteiger partial charge in [0.15, 0.2) is 0 Å². The summed E-state index contributed by atoms with van der Waals surface area (Å²) in [4.78, 5) is 8.73. The fourth-order valence-corrected chi connectivity index (χ4v) is 4.65. The van der Waals surface area contributed by atoms with Crippen LogP contribution in [0.3, 0.4) is 0 Å². The smallest absolute Gasteiger partial charge is 0.281 e. The summed E-state index contributed by atoms with van der Waals surface area (Å²) in [6.45, 7) is 4.84. The van der Waals surface area contributed by atoms with Crippen molar-refractivity contribution in [3.05, 3.63) is 29.5 Å². The van der Waals surface area contributed by atoms with Crippen molar-refractivity contribution >= 4 is 10.2 Å². The van der Waals surface area contributed by atoms with E-state index in [0.29, 0.717) is 13.1 Å². The van der Waals surface area contributed by atoms with Gasteiger partial charge in [-0.05, 0) is 45.1 Å². The molecular weight excluding hydrogens is 354 g/mol. The van der Waals surface area contributed by atoms with Gasteiger partial charge in [-0.3, -0.25) is 0 Å². The molecule has 1 aliphatic heterocycles. The summed E-state index contributed by atoms with van der Waals surface area (Å²) in [6, 6.07) is 1.95. The average Bonchev–Trinajstić information content (AvgIpc) is 2.94. The molecule has 0 aliphatic carbocycles. The molecule has 0 radical (unpaired) electrons. The van der Waals surface area contributed by atoms with Crippen molar-refractivity contribution in [3.63, 3.8) is 0 Å². The molecule has 3 rings (SSSR count). The normalized spacial score (nSPS) is 19.2. The Labute approximate surface area is 154 Å². The zero-order valence-electron chi connectivity index (χ0n) is 15.6. The van der Waals surface area contributed by atoms with Crippen molar-refractivity contribution in [1.82, 2.24) is 23.7 Å². The Hall–Kier alpha value is -1.84. The van der Waals surface area contributed by atoms with E-state index in [4.69, 9.17) is 4.52 Å². The van der Waals surface area contributed by atoms with Crippen molar-refractivity contribution < 1.29 is 12.9 Å². The first kappa shape index (κ1) is 18.9. The first-order valence-electron chi connectivity index (χ1n) is 8.70. The van der Waals surface area contributed by atoms with Gasteiger partial charge in [0.1, 0.15) is 12.1 Å². The van der Waals surface area contributed by atoms with Crippen molar-refractivity contribution in [1.29, 1.82) is 0 Å². The maximum Gasteiger partial charge on any atom is 0.281 e. The molecule has 2 aromatic rings. The van der Waals surface area contributed by atoms with Crippen LogP contribution in [0, 0.1) is 19.8 Å². The van der Waals surface area contributed by atoms with Gasteiger partial charge < -0.3 is 4.52 Å². The highest BCUT2D eigenvalue weighted by molar-refractivity contribution is 7.86. The number of aromatic nitrogens is 3. The van der Waals surface area contributed by atoms with Crippen LogP contribution in [0.25, 0.3) is 11.3 Å². The lowest BCUT2D eigenvalue weighted by Crippen LogP contribution is -2.45. The molecule has 1 aliphatic rings. The minimum Gasteiger partial charge on any atom is -0.361 e. The Balaban J connectivity index is 1.76. The summed E-state index contributed by atoms with van der Waals surface area (Å²) >= 11 is 0. The summed E-state index contributed by atoms with van der Waals surface area (Å²) < 4.78 is 32.8. The third-order valence-corrected chi connectivity index (χ3v) is 6.69. The van der Waals surface area contributed by atoms with Crippen LogP contribution in [-0.4, -0.2) is 59.3 Å². The number of hydrogen-bond acceptors (Lipinski definition) is 6. The molecule has 9 heteroatoms. The fourth-order valence-electron chi connectivity index (χ4n) is 3.42. The largest absolute Gasteiger partial charge is 0.361 e. The first-order valence-corrected chi connectivity index (χ1v) is 10.1. The predicted molar refractivity (Wildman–Crippen MR) is 97.6 cm³/mol. The fraction of sp³-hybridized carbons (Fsp3) is 0.588. The number of nitrogens with zero attached hydrogens (tertiary/aromatic N) is 5. The van der Waals surface area contributed by atoms with Crippen molar-refractivity contribution in [3.8, 4) is 11.3 Å². The molecule has 0 aromatic carbocycles. The molecule has 1 saturated heterocycles. The molecular formula is C17H25N5O3S. The highest BCUT2D eigenvalue weighted by atomic mass is 32.2. The molecule has 0 N–H and O–H groups in total. The Bertz CT molecular complexity index is 859. The van der Waals surface area contributed by atoms with Crippen LogP contribution >= 0.6 is 0 Å². The molecule has 0 bridgehead atoms. The Morgan fingerprint density at radius 3 is 2.73 bits per heavy atom. The molecule has 0 saturated carbocycles. The zero-order chi connectivity index (χ0) is 18.9. The maximum absolute atomic E-state index is 12.4. The van der Waals surface area contributed by atoms with Gasteiger partial charge in [0.05, 0.1) is 17.0 Å². The number of aryl methyl sites for hydroxylation is 2. The molecule has 3 heterocycles. The van der Waals surface area contributed by atoms with Crippen LogP contribution in [-0.2, 0) is 16.6 Å². The lowest BCUT2D eigenvalue weighted by atomic mass is 9.94. The molecule has 8 nitrogen and oxygen atoms in total. The van der Waals surface area contributed by atoms with Gasteiger partial charge in [0.25, 0.3) is 10.2 Å². The Morgan fingerprint density at radius 1 is 1.31 bits per heavy atom. The van der Waals surface area contributed by atoms with Gasteiger partial charge in [-0.1, -0.05) is 5.16 Å². The summed E-state index contributed by atoms with van der Waals surface area (Å²) in [6.07, 6.45) is 4.12. The third kappa shape index (κ3) is 3.79. The van der Waals surface area contributed by atoms with E-state index in [0.717, 1.165) is 47.7 Å². The van der Waals surface area contributed by atoms with E-state index in [1.54, 1.807) is 24.7 Å². The van der Waals surface area contributed by atoms with E-state index in [-0.39, 0.29) is 5.92 Å². The van der Waals surface area contributed by atoms with E-state index in [2.05, 4.69) is 15.1 Å². The minimum atomic E-state index is -3.37. The van der Waals surface area contributed by atoms with E-state index >= 15 is 0 Å². The molecule has 0 amide bonds.